The maximum Gasteiger partial charge on any atom is 0.0627 e. The summed E-state index contributed by atoms with van der Waals surface area (Å²) in [5.74, 6) is 0.246. The van der Waals surface area contributed by atoms with Gasteiger partial charge in [-0.25, -0.2) is 0 Å². The Morgan fingerprint density at radius 1 is 1.33 bits per heavy atom. The molecule has 0 fully saturated rings. The molecule has 15 heavy (non-hydrogen) atoms. The molecule has 0 saturated heterocycles. The maximum absolute atomic E-state index is 6.14. The molecule has 0 bridgehead atoms. The monoisotopic (exact) mass is 245 g/mol. The van der Waals surface area contributed by atoms with Crippen LogP contribution in [0.1, 0.15) is 38.2 Å². The van der Waals surface area contributed by atoms with E-state index in [0.29, 0.717) is 10.0 Å². The molecule has 84 valence electrons. The first kappa shape index (κ1) is 12.8. The van der Waals surface area contributed by atoms with Gasteiger partial charge in [-0.3, -0.25) is 0 Å². The maximum atomic E-state index is 6.14. The Bertz CT molecular complexity index is 325. The molecule has 0 saturated carbocycles. The molecular weight excluding hydrogens is 229 g/mol. The molecule has 0 spiro atoms. The van der Waals surface area contributed by atoms with E-state index in [1.54, 1.807) is 6.07 Å². The standard InChI is InChI=1S/C12H17Cl2N/c1-3-5-11(15)8(2)9-6-4-7-10(13)12(9)14/h4,6-8,11H,3,5,15H2,1-2H3. The lowest BCUT2D eigenvalue weighted by Gasteiger charge is -2.21. The number of nitrogens with two attached hydrogens (primary N) is 1. The van der Waals surface area contributed by atoms with Crippen molar-refractivity contribution in [3.8, 4) is 0 Å². The van der Waals surface area contributed by atoms with Crippen LogP contribution in [-0.2, 0) is 0 Å². The summed E-state index contributed by atoms with van der Waals surface area (Å²) in [6.07, 6.45) is 2.09. The first-order chi connectivity index (χ1) is 7.07. The van der Waals surface area contributed by atoms with E-state index in [2.05, 4.69) is 13.8 Å². The Morgan fingerprint density at radius 3 is 2.60 bits per heavy atom. The van der Waals surface area contributed by atoms with Gasteiger partial charge in [-0.15, -0.1) is 0 Å². The third kappa shape index (κ3) is 3.10. The van der Waals surface area contributed by atoms with E-state index in [-0.39, 0.29) is 12.0 Å². The van der Waals surface area contributed by atoms with E-state index in [9.17, 15) is 0 Å². The lowest BCUT2D eigenvalue weighted by molar-refractivity contribution is 0.522. The molecule has 1 aromatic rings. The van der Waals surface area contributed by atoms with E-state index < -0.39 is 0 Å². The molecule has 0 aliphatic carbocycles. The van der Waals surface area contributed by atoms with E-state index in [1.807, 2.05) is 12.1 Å². The van der Waals surface area contributed by atoms with Crippen molar-refractivity contribution >= 4 is 23.2 Å². The predicted molar refractivity (Wildman–Crippen MR) is 67.8 cm³/mol. The number of hydrogen-bond acceptors (Lipinski definition) is 1. The van der Waals surface area contributed by atoms with Gasteiger partial charge in [0.05, 0.1) is 10.0 Å². The molecule has 2 unspecified atom stereocenters. The Hall–Kier alpha value is -0.240. The van der Waals surface area contributed by atoms with Crippen LogP contribution in [0, 0.1) is 0 Å². The highest BCUT2D eigenvalue weighted by atomic mass is 35.5. The van der Waals surface area contributed by atoms with Crippen molar-refractivity contribution in [3.05, 3.63) is 33.8 Å². The molecule has 0 aliphatic rings. The average Bonchev–Trinajstić information content (AvgIpc) is 2.21. The summed E-state index contributed by atoms with van der Waals surface area (Å²) in [5.41, 5.74) is 7.12. The summed E-state index contributed by atoms with van der Waals surface area (Å²) in [6, 6.07) is 5.85. The van der Waals surface area contributed by atoms with Gasteiger partial charge in [0.2, 0.25) is 0 Å². The summed E-state index contributed by atoms with van der Waals surface area (Å²) in [7, 11) is 0. The zero-order valence-electron chi connectivity index (χ0n) is 9.13. The van der Waals surface area contributed by atoms with E-state index >= 15 is 0 Å². The number of benzene rings is 1. The summed E-state index contributed by atoms with van der Waals surface area (Å²) in [6.45, 7) is 4.23. The number of hydrogen-bond donors (Lipinski definition) is 1. The Balaban J connectivity index is 2.90. The molecule has 1 rings (SSSR count). The molecule has 2 N–H and O–H groups in total. The highest BCUT2D eigenvalue weighted by Gasteiger charge is 2.17. The van der Waals surface area contributed by atoms with E-state index in [0.717, 1.165) is 18.4 Å². The minimum Gasteiger partial charge on any atom is -0.327 e. The largest absolute Gasteiger partial charge is 0.327 e. The van der Waals surface area contributed by atoms with Crippen LogP contribution < -0.4 is 5.73 Å². The van der Waals surface area contributed by atoms with Gasteiger partial charge in [-0.2, -0.15) is 0 Å². The van der Waals surface area contributed by atoms with Crippen molar-refractivity contribution in [3.63, 3.8) is 0 Å². The van der Waals surface area contributed by atoms with Crippen LogP contribution in [-0.4, -0.2) is 6.04 Å². The molecule has 0 heterocycles. The molecule has 3 heteroatoms. The number of halogens is 2. The van der Waals surface area contributed by atoms with Crippen LogP contribution in [0.2, 0.25) is 10.0 Å². The average molecular weight is 246 g/mol. The Kier molecular flexibility index (Phi) is 4.91. The van der Waals surface area contributed by atoms with E-state index in [4.69, 9.17) is 28.9 Å². The molecule has 1 nitrogen and oxygen atoms in total. The minimum atomic E-state index is 0.144. The fourth-order valence-electron chi connectivity index (χ4n) is 1.69. The lowest BCUT2D eigenvalue weighted by atomic mass is 9.91. The van der Waals surface area contributed by atoms with Gasteiger partial charge in [0.15, 0.2) is 0 Å². The van der Waals surface area contributed by atoms with E-state index in [1.165, 1.54) is 0 Å². The van der Waals surface area contributed by atoms with Crippen molar-refractivity contribution in [2.45, 2.75) is 38.6 Å². The molecular formula is C12H17Cl2N. The van der Waals surface area contributed by atoms with Crippen LogP contribution in [0.5, 0.6) is 0 Å². The van der Waals surface area contributed by atoms with Crippen LogP contribution >= 0.6 is 23.2 Å². The quantitative estimate of drug-likeness (QED) is 0.845. The van der Waals surface area contributed by atoms with Crippen molar-refractivity contribution in [2.75, 3.05) is 0 Å². The first-order valence-electron chi connectivity index (χ1n) is 5.27. The fourth-order valence-corrected chi connectivity index (χ4v) is 2.17. The van der Waals surface area contributed by atoms with Crippen molar-refractivity contribution in [1.29, 1.82) is 0 Å². The molecule has 2 atom stereocenters. The van der Waals surface area contributed by atoms with Gasteiger partial charge in [0.25, 0.3) is 0 Å². The summed E-state index contributed by atoms with van der Waals surface area (Å²) in [5, 5.41) is 1.24. The molecule has 0 aromatic heterocycles. The summed E-state index contributed by atoms with van der Waals surface area (Å²) < 4.78 is 0. The van der Waals surface area contributed by atoms with Crippen molar-refractivity contribution in [2.24, 2.45) is 5.73 Å². The lowest BCUT2D eigenvalue weighted by Crippen LogP contribution is -2.26. The van der Waals surface area contributed by atoms with Crippen LogP contribution in [0.4, 0.5) is 0 Å². The van der Waals surface area contributed by atoms with Gasteiger partial charge in [0, 0.05) is 6.04 Å². The molecule has 0 aliphatic heterocycles. The second-order valence-electron chi connectivity index (χ2n) is 3.88. The second-order valence-corrected chi connectivity index (χ2v) is 4.67. The Morgan fingerprint density at radius 2 is 2.00 bits per heavy atom. The Labute approximate surface area is 102 Å². The zero-order chi connectivity index (χ0) is 11.4. The third-order valence-corrected chi connectivity index (χ3v) is 3.57. The smallest absolute Gasteiger partial charge is 0.0627 e. The van der Waals surface area contributed by atoms with Gasteiger partial charge in [-0.05, 0) is 24.0 Å². The topological polar surface area (TPSA) is 26.0 Å². The minimum absolute atomic E-state index is 0.144. The highest BCUT2D eigenvalue weighted by molar-refractivity contribution is 6.42. The molecule has 1 aromatic carbocycles. The summed E-state index contributed by atoms with van der Waals surface area (Å²) in [4.78, 5) is 0. The highest BCUT2D eigenvalue weighted by Crippen LogP contribution is 2.32. The zero-order valence-corrected chi connectivity index (χ0v) is 10.6. The van der Waals surface area contributed by atoms with Gasteiger partial charge >= 0.3 is 0 Å². The van der Waals surface area contributed by atoms with Crippen LogP contribution in [0.3, 0.4) is 0 Å². The van der Waals surface area contributed by atoms with Crippen LogP contribution in [0.15, 0.2) is 18.2 Å². The molecule has 0 radical (unpaired) electrons. The second kappa shape index (κ2) is 5.74. The SMILES string of the molecule is CCCC(N)C(C)c1cccc(Cl)c1Cl. The van der Waals surface area contributed by atoms with Crippen LogP contribution in [0.25, 0.3) is 0 Å². The fraction of sp³-hybridized carbons (Fsp3) is 0.500. The van der Waals surface area contributed by atoms with Gasteiger partial charge in [0.1, 0.15) is 0 Å². The first-order valence-corrected chi connectivity index (χ1v) is 6.03. The van der Waals surface area contributed by atoms with Gasteiger partial charge in [-0.1, -0.05) is 55.6 Å². The van der Waals surface area contributed by atoms with Crippen molar-refractivity contribution in [1.82, 2.24) is 0 Å². The molecule has 0 amide bonds. The summed E-state index contributed by atoms with van der Waals surface area (Å²) >= 11 is 12.1. The normalized spacial score (nSPS) is 15.0. The third-order valence-electron chi connectivity index (χ3n) is 2.74. The predicted octanol–water partition coefficient (Wildman–Crippen LogP) is 4.22. The van der Waals surface area contributed by atoms with Crippen molar-refractivity contribution < 1.29 is 0 Å². The van der Waals surface area contributed by atoms with Gasteiger partial charge < -0.3 is 5.73 Å². The number of rotatable bonds is 4.